The smallest absolute Gasteiger partial charge is 0.142 e. The summed E-state index contributed by atoms with van der Waals surface area (Å²) in [5.74, 6) is 0.852. The van der Waals surface area contributed by atoms with E-state index in [9.17, 15) is 0 Å². The van der Waals surface area contributed by atoms with Gasteiger partial charge in [0.25, 0.3) is 0 Å². The van der Waals surface area contributed by atoms with Crippen LogP contribution in [0.15, 0.2) is 180 Å². The van der Waals surface area contributed by atoms with Gasteiger partial charge in [-0.05, 0) is 104 Å². The minimum atomic E-state index is 0.852. The second-order valence-electron chi connectivity index (χ2n) is 14.0. The van der Waals surface area contributed by atoms with Gasteiger partial charge in [-0.1, -0.05) is 165 Å². The monoisotopic (exact) mass is 712 g/mol. The quantitative estimate of drug-likeness (QED) is 0.176. The van der Waals surface area contributed by atoms with Crippen LogP contribution < -0.4 is 10.4 Å². The first-order chi connectivity index (χ1) is 26.7. The molecule has 9 rings (SSSR count). The van der Waals surface area contributed by atoms with Crippen LogP contribution in [0.1, 0.15) is 51.8 Å². The van der Waals surface area contributed by atoms with Crippen LogP contribution in [-0.4, -0.2) is 5.75 Å². The van der Waals surface area contributed by atoms with E-state index in [2.05, 4.69) is 171 Å². The number of furan rings is 1. The van der Waals surface area contributed by atoms with Crippen molar-refractivity contribution in [2.75, 3.05) is 5.75 Å². The van der Waals surface area contributed by atoms with Crippen molar-refractivity contribution >= 4 is 68.1 Å². The third-order valence-electron chi connectivity index (χ3n) is 10.7. The standard InChI is InChI=1S/C52H40OS/c1-3-36-16-8-10-18-42(36)35(2)43-19-6-4-5-7-20-44(46-22-12-11-21-45(43)46)38-28-26-37(27-29-38)41-33-49-39(32-40-17-9-15-25-51(40)54-34-41)30-31-48-47-23-13-14-24-50(47)53-52(48)49/h3,6-31,33H,1-2,4-5,32,34H2/b19-6+,20-7+,41-33+,45-43+,46-44+. The van der Waals surface area contributed by atoms with Gasteiger partial charge in [-0.2, -0.15) is 0 Å². The van der Waals surface area contributed by atoms with Crippen LogP contribution in [0.4, 0.5) is 0 Å². The first-order valence-corrected chi connectivity index (χ1v) is 19.7. The minimum absolute atomic E-state index is 0.852. The maximum atomic E-state index is 6.62. The summed E-state index contributed by atoms with van der Waals surface area (Å²) < 4.78 is 6.62. The molecular weight excluding hydrogens is 673 g/mol. The van der Waals surface area contributed by atoms with E-state index in [4.69, 9.17) is 4.42 Å². The van der Waals surface area contributed by atoms with Crippen LogP contribution in [0, 0.1) is 0 Å². The molecule has 0 N–H and O–H groups in total. The molecule has 54 heavy (non-hydrogen) atoms. The van der Waals surface area contributed by atoms with Crippen LogP contribution in [0.3, 0.4) is 0 Å². The summed E-state index contributed by atoms with van der Waals surface area (Å²) in [6.07, 6.45) is 16.2. The van der Waals surface area contributed by atoms with E-state index < -0.39 is 0 Å². The molecule has 1 aliphatic heterocycles. The molecule has 2 heteroatoms. The molecule has 0 saturated carbocycles. The van der Waals surface area contributed by atoms with Crippen LogP contribution in [0.5, 0.6) is 0 Å². The highest BCUT2D eigenvalue weighted by Gasteiger charge is 2.19. The Labute approximate surface area is 321 Å². The Morgan fingerprint density at radius 3 is 2.24 bits per heavy atom. The summed E-state index contributed by atoms with van der Waals surface area (Å²) in [6.45, 7) is 8.73. The number of allylic oxidation sites excluding steroid dienone is 5. The zero-order valence-corrected chi connectivity index (χ0v) is 31.0. The molecule has 1 aliphatic carbocycles. The minimum Gasteiger partial charge on any atom is -0.455 e. The molecule has 7 aromatic rings. The molecule has 2 aliphatic rings. The van der Waals surface area contributed by atoms with Gasteiger partial charge in [0.1, 0.15) is 11.2 Å². The van der Waals surface area contributed by atoms with E-state index in [0.717, 1.165) is 69.2 Å². The number of hydrogen-bond acceptors (Lipinski definition) is 2. The Balaban J connectivity index is 1.20. The number of rotatable bonds is 5. The van der Waals surface area contributed by atoms with Crippen molar-refractivity contribution < 1.29 is 4.42 Å². The van der Waals surface area contributed by atoms with Gasteiger partial charge in [0.15, 0.2) is 0 Å². The first-order valence-electron chi connectivity index (χ1n) is 18.7. The lowest BCUT2D eigenvalue weighted by Gasteiger charge is -2.14. The highest BCUT2D eigenvalue weighted by molar-refractivity contribution is 7.99. The molecule has 1 aromatic heterocycles. The molecule has 0 bridgehead atoms. The fourth-order valence-corrected chi connectivity index (χ4v) is 8.96. The third-order valence-corrected chi connectivity index (χ3v) is 11.9. The van der Waals surface area contributed by atoms with Crippen molar-refractivity contribution in [3.05, 3.63) is 220 Å². The Morgan fingerprint density at radius 1 is 0.648 bits per heavy atom. The van der Waals surface area contributed by atoms with E-state index in [0.29, 0.717) is 0 Å². The average Bonchev–Trinajstić information content (AvgIpc) is 3.63. The van der Waals surface area contributed by atoms with E-state index in [1.54, 1.807) is 0 Å². The Bertz CT molecular complexity index is 2820. The molecule has 0 saturated heterocycles. The molecule has 260 valence electrons. The highest BCUT2D eigenvalue weighted by Crippen LogP contribution is 2.39. The van der Waals surface area contributed by atoms with Crippen LogP contribution >= 0.6 is 11.8 Å². The lowest BCUT2D eigenvalue weighted by molar-refractivity contribution is 0.667. The summed E-state index contributed by atoms with van der Waals surface area (Å²) >= 11 is 1.92. The number of thioether (sulfide) groups is 1. The largest absolute Gasteiger partial charge is 0.455 e. The van der Waals surface area contributed by atoms with Crippen LogP contribution in [-0.2, 0) is 6.42 Å². The molecule has 0 unspecified atom stereocenters. The SMILES string of the molecule is C=Cc1ccccc1C(=C)C1=c2\cccc\c2=C(c2ccc(/C3=C/c4c(ccc5c4oc4ccccc45)Cc4ccccc4SC3)cc2)\C=C\CC\C=C\1. The van der Waals surface area contributed by atoms with E-state index >= 15 is 0 Å². The van der Waals surface area contributed by atoms with Crippen molar-refractivity contribution in [3.63, 3.8) is 0 Å². The number of benzene rings is 6. The van der Waals surface area contributed by atoms with Crippen LogP contribution in [0.25, 0.3) is 56.4 Å². The van der Waals surface area contributed by atoms with E-state index in [-0.39, 0.29) is 0 Å². The topological polar surface area (TPSA) is 13.1 Å². The fourth-order valence-electron chi connectivity index (χ4n) is 7.90. The summed E-state index contributed by atoms with van der Waals surface area (Å²) in [7, 11) is 0. The average molecular weight is 713 g/mol. The van der Waals surface area contributed by atoms with Crippen molar-refractivity contribution in [2.24, 2.45) is 0 Å². The molecule has 0 amide bonds. The molecule has 6 aromatic carbocycles. The van der Waals surface area contributed by atoms with Crippen molar-refractivity contribution in [1.82, 2.24) is 0 Å². The number of hydrogen-bond donors (Lipinski definition) is 0. The van der Waals surface area contributed by atoms with Gasteiger partial charge in [-0.25, -0.2) is 0 Å². The molecule has 0 spiro atoms. The first kappa shape index (κ1) is 33.7. The van der Waals surface area contributed by atoms with E-state index in [1.807, 2.05) is 23.9 Å². The summed E-state index contributed by atoms with van der Waals surface area (Å²) in [4.78, 5) is 1.33. The zero-order chi connectivity index (χ0) is 36.4. The van der Waals surface area contributed by atoms with Crippen molar-refractivity contribution in [1.29, 1.82) is 0 Å². The fraction of sp³-hybridized carbons (Fsp3) is 0.0769. The molecule has 0 fully saturated rings. The lowest BCUT2D eigenvalue weighted by atomic mass is 9.90. The maximum absolute atomic E-state index is 6.62. The number of fused-ring (bicyclic) bond motifs is 7. The van der Waals surface area contributed by atoms with Gasteiger partial charge in [0.05, 0.1) is 0 Å². The van der Waals surface area contributed by atoms with E-state index in [1.165, 1.54) is 54.3 Å². The van der Waals surface area contributed by atoms with Gasteiger partial charge in [0, 0.05) is 27.0 Å². The van der Waals surface area contributed by atoms with Crippen molar-refractivity contribution in [2.45, 2.75) is 24.2 Å². The predicted molar refractivity (Wildman–Crippen MR) is 233 cm³/mol. The molecule has 0 atom stereocenters. The Hall–Kier alpha value is -6.09. The van der Waals surface area contributed by atoms with Crippen LogP contribution in [0.2, 0.25) is 0 Å². The van der Waals surface area contributed by atoms with Gasteiger partial charge in [0.2, 0.25) is 0 Å². The number of para-hydroxylation sites is 1. The Kier molecular flexibility index (Phi) is 9.20. The Morgan fingerprint density at radius 2 is 1.37 bits per heavy atom. The summed E-state index contributed by atoms with van der Waals surface area (Å²) in [5, 5.41) is 4.68. The van der Waals surface area contributed by atoms with Gasteiger partial charge >= 0.3 is 0 Å². The highest BCUT2D eigenvalue weighted by atomic mass is 32.2. The zero-order valence-electron chi connectivity index (χ0n) is 30.2. The third kappa shape index (κ3) is 6.33. The summed E-state index contributed by atoms with van der Waals surface area (Å²) in [5.41, 5.74) is 14.9. The normalized spacial score (nSPS) is 18.5. The maximum Gasteiger partial charge on any atom is 0.142 e. The summed E-state index contributed by atoms with van der Waals surface area (Å²) in [6, 6.07) is 48.1. The lowest BCUT2D eigenvalue weighted by Crippen LogP contribution is -2.29. The van der Waals surface area contributed by atoms with Gasteiger partial charge in [-0.3, -0.25) is 0 Å². The molecule has 2 heterocycles. The molecular formula is C52H40OS. The van der Waals surface area contributed by atoms with Gasteiger partial charge in [-0.15, -0.1) is 11.8 Å². The molecule has 1 nitrogen and oxygen atoms in total. The van der Waals surface area contributed by atoms with Crippen molar-refractivity contribution in [3.8, 4) is 0 Å². The predicted octanol–water partition coefficient (Wildman–Crippen LogP) is 12.4. The second-order valence-corrected chi connectivity index (χ2v) is 15.0. The molecule has 0 radical (unpaired) electrons. The van der Waals surface area contributed by atoms with Gasteiger partial charge < -0.3 is 4.42 Å². The second kappa shape index (κ2) is 14.7.